The van der Waals surface area contributed by atoms with E-state index in [1.54, 1.807) is 0 Å². The van der Waals surface area contributed by atoms with Crippen molar-refractivity contribution in [2.24, 2.45) is 0 Å². The molecular weight excluding hydrogens is 345 g/mol. The number of aliphatic hydroxyl groups excluding tert-OH is 1. The van der Waals surface area contributed by atoms with Crippen molar-refractivity contribution in [3.05, 3.63) is 12.7 Å². The van der Waals surface area contributed by atoms with E-state index in [1.807, 2.05) is 0 Å². The van der Waals surface area contributed by atoms with Gasteiger partial charge in [-0.15, -0.1) is 0 Å². The molecule has 1 aliphatic heterocycles. The molecule has 132 valence electrons. The van der Waals surface area contributed by atoms with Crippen LogP contribution in [0.1, 0.15) is 13.2 Å². The summed E-state index contributed by atoms with van der Waals surface area (Å²) in [6.45, 7) is 0.706. The van der Waals surface area contributed by atoms with Crippen LogP contribution in [-0.4, -0.2) is 63.9 Å². The van der Waals surface area contributed by atoms with Crippen molar-refractivity contribution in [1.29, 1.82) is 0 Å². The van der Waals surface area contributed by atoms with Gasteiger partial charge in [0.25, 0.3) is 0 Å². The van der Waals surface area contributed by atoms with Gasteiger partial charge in [0.15, 0.2) is 17.7 Å². The van der Waals surface area contributed by atoms with Crippen LogP contribution in [0.3, 0.4) is 0 Å². The van der Waals surface area contributed by atoms with Crippen LogP contribution >= 0.6 is 7.82 Å². The van der Waals surface area contributed by atoms with Gasteiger partial charge in [0, 0.05) is 0 Å². The molecule has 12 nitrogen and oxygen atoms in total. The van der Waals surface area contributed by atoms with Gasteiger partial charge in [0.1, 0.15) is 29.7 Å². The first-order valence-electron chi connectivity index (χ1n) is 6.80. The van der Waals surface area contributed by atoms with Gasteiger partial charge in [-0.2, -0.15) is 0 Å². The fraction of sp³-hybridized carbons (Fsp3) is 0.545. The highest BCUT2D eigenvalue weighted by atomic mass is 31.2. The van der Waals surface area contributed by atoms with Crippen LogP contribution in [0.4, 0.5) is 5.82 Å². The molecule has 6 N–H and O–H groups in total. The second kappa shape index (κ2) is 5.70. The topological polar surface area (TPSA) is 186 Å². The molecule has 2 unspecified atom stereocenters. The average Bonchev–Trinajstić information content (AvgIpc) is 2.99. The fourth-order valence-corrected chi connectivity index (χ4v) is 2.93. The van der Waals surface area contributed by atoms with Crippen LogP contribution in [-0.2, 0) is 13.8 Å². The van der Waals surface area contributed by atoms with Crippen LogP contribution in [0.25, 0.3) is 11.2 Å². The summed E-state index contributed by atoms with van der Waals surface area (Å²) in [5.74, 6) is 0.137. The fourth-order valence-electron chi connectivity index (χ4n) is 2.59. The van der Waals surface area contributed by atoms with Crippen molar-refractivity contribution in [2.75, 3.05) is 12.3 Å². The SMILES string of the molecule is CC1(O)C(O)[C@@H](COP(=O)(O)O)O[C@H]1n1cnc2c(N)ncnc21. The second-order valence-electron chi connectivity index (χ2n) is 5.57. The van der Waals surface area contributed by atoms with Crippen LogP contribution in [0, 0.1) is 0 Å². The second-order valence-corrected chi connectivity index (χ2v) is 6.81. The van der Waals surface area contributed by atoms with Gasteiger partial charge in [-0.1, -0.05) is 0 Å². The molecule has 0 bridgehead atoms. The molecule has 0 amide bonds. The highest BCUT2D eigenvalue weighted by molar-refractivity contribution is 7.46. The molecule has 0 aliphatic carbocycles. The lowest BCUT2D eigenvalue weighted by molar-refractivity contribution is -0.0949. The number of aliphatic hydroxyl groups is 2. The zero-order valence-electron chi connectivity index (χ0n) is 12.4. The molecule has 0 spiro atoms. The number of nitrogens with zero attached hydrogens (tertiary/aromatic N) is 4. The first-order valence-corrected chi connectivity index (χ1v) is 8.33. The highest BCUT2D eigenvalue weighted by Crippen LogP contribution is 2.42. The number of anilines is 1. The van der Waals surface area contributed by atoms with Gasteiger partial charge in [-0.05, 0) is 6.92 Å². The Hall–Kier alpha value is -1.66. The Morgan fingerprint density at radius 1 is 1.46 bits per heavy atom. The molecular formula is C11H16N5O7P. The summed E-state index contributed by atoms with van der Waals surface area (Å²) in [7, 11) is -4.74. The lowest BCUT2D eigenvalue weighted by atomic mass is 9.96. The van der Waals surface area contributed by atoms with E-state index in [9.17, 15) is 14.8 Å². The zero-order valence-corrected chi connectivity index (χ0v) is 13.3. The Morgan fingerprint density at radius 3 is 2.83 bits per heavy atom. The van der Waals surface area contributed by atoms with E-state index in [4.69, 9.17) is 20.3 Å². The minimum absolute atomic E-state index is 0.137. The number of rotatable bonds is 4. The minimum atomic E-state index is -4.74. The number of phosphoric acid groups is 1. The van der Waals surface area contributed by atoms with Crippen LogP contribution < -0.4 is 5.73 Å². The van der Waals surface area contributed by atoms with E-state index < -0.39 is 38.5 Å². The van der Waals surface area contributed by atoms with Gasteiger partial charge < -0.3 is 30.5 Å². The Morgan fingerprint density at radius 2 is 2.17 bits per heavy atom. The number of hydrogen-bond acceptors (Lipinski definition) is 9. The summed E-state index contributed by atoms with van der Waals surface area (Å²) in [5.41, 5.74) is 4.47. The average molecular weight is 361 g/mol. The molecule has 1 fully saturated rings. The van der Waals surface area contributed by atoms with E-state index in [1.165, 1.54) is 24.1 Å². The van der Waals surface area contributed by atoms with Gasteiger partial charge >= 0.3 is 7.82 Å². The van der Waals surface area contributed by atoms with Gasteiger partial charge in [-0.3, -0.25) is 9.09 Å². The van der Waals surface area contributed by atoms with Crippen molar-refractivity contribution in [1.82, 2.24) is 19.5 Å². The van der Waals surface area contributed by atoms with Gasteiger partial charge in [0.05, 0.1) is 12.9 Å². The normalized spacial score (nSPS) is 31.0. The molecule has 2 aromatic heterocycles. The number of nitrogens with two attached hydrogens (primary N) is 1. The Labute approximate surface area is 135 Å². The Kier molecular flexibility index (Phi) is 4.08. The highest BCUT2D eigenvalue weighted by Gasteiger charge is 2.53. The summed E-state index contributed by atoms with van der Waals surface area (Å²) in [6, 6.07) is 0. The third kappa shape index (κ3) is 2.89. The van der Waals surface area contributed by atoms with E-state index in [0.717, 1.165) is 0 Å². The molecule has 13 heteroatoms. The van der Waals surface area contributed by atoms with E-state index in [-0.39, 0.29) is 11.5 Å². The number of imidazole rings is 1. The van der Waals surface area contributed by atoms with Crippen molar-refractivity contribution >= 4 is 24.8 Å². The Bertz CT molecular complexity index is 805. The monoisotopic (exact) mass is 361 g/mol. The molecule has 0 saturated carbocycles. The standard InChI is InChI=1S/C11H16N5O7P/c1-11(18)7(17)5(2-22-24(19,20)21)23-10(11)16-4-15-6-8(12)13-3-14-9(6)16/h3-5,7,10,17-18H,2H2,1H3,(H2,12,13,14)(H2,19,20,21)/t5-,7?,10-,11?/m1/s1. The largest absolute Gasteiger partial charge is 0.469 e. The molecule has 2 aromatic rings. The van der Waals surface area contributed by atoms with Crippen molar-refractivity contribution < 1.29 is 33.8 Å². The van der Waals surface area contributed by atoms with Crippen molar-refractivity contribution in [2.45, 2.75) is 31.0 Å². The van der Waals surface area contributed by atoms with Crippen molar-refractivity contribution in [3.63, 3.8) is 0 Å². The van der Waals surface area contributed by atoms with Crippen LogP contribution in [0.5, 0.6) is 0 Å². The number of hydrogen-bond donors (Lipinski definition) is 5. The minimum Gasteiger partial charge on any atom is -0.387 e. The summed E-state index contributed by atoms with van der Waals surface area (Å²) in [4.78, 5) is 29.4. The van der Waals surface area contributed by atoms with Crippen LogP contribution in [0.2, 0.25) is 0 Å². The van der Waals surface area contributed by atoms with E-state index in [2.05, 4.69) is 19.5 Å². The number of ether oxygens (including phenoxy) is 1. The zero-order chi connectivity index (χ0) is 17.7. The summed E-state index contributed by atoms with van der Waals surface area (Å²) >= 11 is 0. The molecule has 0 radical (unpaired) electrons. The first-order chi connectivity index (χ1) is 11.1. The van der Waals surface area contributed by atoms with E-state index >= 15 is 0 Å². The number of phosphoric ester groups is 1. The molecule has 24 heavy (non-hydrogen) atoms. The predicted molar refractivity (Wildman–Crippen MR) is 78.3 cm³/mol. The quantitative estimate of drug-likeness (QED) is 0.400. The first kappa shape index (κ1) is 17.2. The van der Waals surface area contributed by atoms with Gasteiger partial charge in [-0.25, -0.2) is 19.5 Å². The number of fused-ring (bicyclic) bond motifs is 1. The van der Waals surface area contributed by atoms with Crippen LogP contribution in [0.15, 0.2) is 12.7 Å². The Balaban J connectivity index is 1.92. The molecule has 1 aliphatic rings. The van der Waals surface area contributed by atoms with Gasteiger partial charge in [0.2, 0.25) is 0 Å². The lowest BCUT2D eigenvalue weighted by Crippen LogP contribution is -2.44. The molecule has 4 atom stereocenters. The third-order valence-corrected chi connectivity index (χ3v) is 4.29. The van der Waals surface area contributed by atoms with Crippen molar-refractivity contribution in [3.8, 4) is 0 Å². The molecule has 3 heterocycles. The molecule has 1 saturated heterocycles. The molecule has 0 aromatic carbocycles. The third-order valence-electron chi connectivity index (χ3n) is 3.80. The maximum Gasteiger partial charge on any atom is 0.469 e. The summed E-state index contributed by atoms with van der Waals surface area (Å²) < 4.78 is 22.0. The summed E-state index contributed by atoms with van der Waals surface area (Å²) in [5, 5.41) is 20.8. The smallest absolute Gasteiger partial charge is 0.387 e. The maximum absolute atomic E-state index is 10.8. The molecule has 3 rings (SSSR count). The summed E-state index contributed by atoms with van der Waals surface area (Å²) in [6.07, 6.45) is -1.24. The lowest BCUT2D eigenvalue weighted by Gasteiger charge is -2.27. The van der Waals surface area contributed by atoms with E-state index in [0.29, 0.717) is 5.52 Å². The number of nitrogen functional groups attached to an aromatic ring is 1. The number of aromatic nitrogens is 4. The predicted octanol–water partition coefficient (Wildman–Crippen LogP) is -1.47. The maximum atomic E-state index is 10.8.